The molecule has 0 aliphatic carbocycles. The van der Waals surface area contributed by atoms with Crippen molar-refractivity contribution in [2.45, 2.75) is 10.6 Å². The second-order valence-electron chi connectivity index (χ2n) is 1.57. The van der Waals surface area contributed by atoms with Crippen molar-refractivity contribution in [1.29, 1.82) is 0 Å². The SMILES string of the molecule is O.OC1=[C](O)[In][CH2]C1. The van der Waals surface area contributed by atoms with Gasteiger partial charge in [-0.3, -0.25) is 0 Å². The summed E-state index contributed by atoms with van der Waals surface area (Å²) in [5, 5.41) is 17.4. The minimum atomic E-state index is -0.782. The average molecular weight is 219 g/mol. The third-order valence-electron chi connectivity index (χ3n) is 1.01. The van der Waals surface area contributed by atoms with Gasteiger partial charge in [-0.05, 0) is 0 Å². The van der Waals surface area contributed by atoms with Crippen molar-refractivity contribution in [2.24, 2.45) is 0 Å². The second-order valence-corrected chi connectivity index (χ2v) is 5.95. The molecule has 0 fully saturated rings. The zero-order chi connectivity index (χ0) is 5.28. The maximum absolute atomic E-state index is 8.71. The number of hydrogen-bond donors (Lipinski definition) is 2. The number of aliphatic hydroxyl groups is 2. The van der Waals surface area contributed by atoms with Crippen LogP contribution < -0.4 is 0 Å². The summed E-state index contributed by atoms with van der Waals surface area (Å²) in [4.78, 5) is 0. The summed E-state index contributed by atoms with van der Waals surface area (Å²) in [6.45, 7) is 0. The fourth-order valence-electron chi connectivity index (χ4n) is 0.591. The minimum absolute atomic E-state index is 0. The summed E-state index contributed by atoms with van der Waals surface area (Å²) >= 11 is -0.782. The molecule has 0 aromatic rings. The van der Waals surface area contributed by atoms with Crippen molar-refractivity contribution in [1.82, 2.24) is 0 Å². The number of allylic oxidation sites excluding steroid dienone is 1. The van der Waals surface area contributed by atoms with Crippen LogP contribution in [0, 0.1) is 0 Å². The topological polar surface area (TPSA) is 72.0 Å². The summed E-state index contributed by atoms with van der Waals surface area (Å²) in [5.41, 5.74) is 0. The first kappa shape index (κ1) is 8.17. The molecule has 0 aromatic heterocycles. The van der Waals surface area contributed by atoms with Gasteiger partial charge in [-0.25, -0.2) is 0 Å². The molecule has 4 heteroatoms. The molecule has 0 atom stereocenters. The molecule has 1 radical (unpaired) electrons. The molecule has 0 amide bonds. The van der Waals surface area contributed by atoms with Gasteiger partial charge in [0.2, 0.25) is 0 Å². The Morgan fingerprint density at radius 3 is 2.12 bits per heavy atom. The monoisotopic (exact) mass is 219 g/mol. The number of rotatable bonds is 0. The molecule has 0 aromatic carbocycles. The summed E-state index contributed by atoms with van der Waals surface area (Å²) < 4.78 is 1.46. The zero-order valence-corrected chi connectivity index (χ0v) is 7.68. The molecular formula is C4H8InO3. The van der Waals surface area contributed by atoms with E-state index >= 15 is 0 Å². The molecule has 1 rings (SSSR count). The first-order valence-electron chi connectivity index (χ1n) is 2.25. The van der Waals surface area contributed by atoms with Crippen LogP contribution in [-0.4, -0.2) is 38.6 Å². The normalized spacial score (nSPS) is 17.5. The van der Waals surface area contributed by atoms with Crippen LogP contribution >= 0.6 is 0 Å². The van der Waals surface area contributed by atoms with E-state index in [1.807, 2.05) is 0 Å². The van der Waals surface area contributed by atoms with Crippen molar-refractivity contribution in [3.8, 4) is 0 Å². The Bertz CT molecular complexity index is 97.9. The molecule has 0 spiro atoms. The van der Waals surface area contributed by atoms with Gasteiger partial charge < -0.3 is 5.48 Å². The van der Waals surface area contributed by atoms with Crippen LogP contribution in [0.5, 0.6) is 0 Å². The first-order chi connectivity index (χ1) is 3.30. The van der Waals surface area contributed by atoms with Gasteiger partial charge in [0.15, 0.2) is 0 Å². The first-order valence-corrected chi connectivity index (χ1v) is 6.23. The Balaban J connectivity index is 0.000000490. The molecule has 1 heterocycles. The standard InChI is InChI=1S/C4H6O2.In.H2O/c1-2-4(6)3-5;;/h5-6H,1-2H2;;1H2. The van der Waals surface area contributed by atoms with Crippen LogP contribution in [0.1, 0.15) is 6.42 Å². The van der Waals surface area contributed by atoms with Crippen molar-refractivity contribution < 1.29 is 15.7 Å². The summed E-state index contributed by atoms with van der Waals surface area (Å²) in [5.74, 6) is 0.265. The molecule has 8 heavy (non-hydrogen) atoms. The van der Waals surface area contributed by atoms with E-state index in [2.05, 4.69) is 0 Å². The van der Waals surface area contributed by atoms with Crippen LogP contribution in [0.2, 0.25) is 4.18 Å². The molecule has 4 N–H and O–H groups in total. The molecule has 1 aliphatic heterocycles. The molecule has 0 bridgehead atoms. The van der Waals surface area contributed by atoms with Gasteiger partial charge in [-0.15, -0.1) is 0 Å². The number of hydrogen-bond acceptors (Lipinski definition) is 2. The van der Waals surface area contributed by atoms with Crippen LogP contribution in [-0.2, 0) is 0 Å². The quantitative estimate of drug-likeness (QED) is 0.600. The van der Waals surface area contributed by atoms with Gasteiger partial charge in [0.05, 0.1) is 0 Å². The Hall–Kier alpha value is 0.170. The fraction of sp³-hybridized carbons (Fsp3) is 0.500. The van der Waals surface area contributed by atoms with Gasteiger partial charge in [0.25, 0.3) is 0 Å². The van der Waals surface area contributed by atoms with Gasteiger partial charge in [0, 0.05) is 0 Å². The molecule has 0 saturated carbocycles. The Kier molecular flexibility index (Phi) is 3.32. The van der Waals surface area contributed by atoms with Crippen LogP contribution in [0.3, 0.4) is 0 Å². The Morgan fingerprint density at radius 1 is 1.38 bits per heavy atom. The molecule has 45 valence electrons. The Morgan fingerprint density at radius 2 is 2.00 bits per heavy atom. The summed E-state index contributed by atoms with van der Waals surface area (Å²) in [6.07, 6.45) is 0.743. The molecule has 0 saturated heterocycles. The van der Waals surface area contributed by atoms with Crippen molar-refractivity contribution >= 4 is 22.9 Å². The van der Waals surface area contributed by atoms with Gasteiger partial charge in [-0.2, -0.15) is 0 Å². The van der Waals surface area contributed by atoms with E-state index in [0.29, 0.717) is 3.52 Å². The molecule has 3 nitrogen and oxygen atoms in total. The predicted molar refractivity (Wildman–Crippen MR) is 31.1 cm³/mol. The van der Waals surface area contributed by atoms with E-state index in [1.54, 1.807) is 0 Å². The summed E-state index contributed by atoms with van der Waals surface area (Å²) in [6, 6.07) is 0. The molecule has 1 aliphatic rings. The Labute approximate surface area is 58.7 Å². The van der Waals surface area contributed by atoms with Gasteiger partial charge in [0.1, 0.15) is 0 Å². The van der Waals surface area contributed by atoms with E-state index in [4.69, 9.17) is 10.2 Å². The third kappa shape index (κ3) is 1.59. The zero-order valence-electron chi connectivity index (χ0n) is 4.39. The number of aliphatic hydroxyl groups excluding tert-OH is 2. The van der Waals surface area contributed by atoms with Crippen LogP contribution in [0.25, 0.3) is 0 Å². The van der Waals surface area contributed by atoms with Crippen molar-refractivity contribution in [3.63, 3.8) is 0 Å². The van der Waals surface area contributed by atoms with E-state index in [0.717, 1.165) is 10.6 Å². The fourth-order valence-corrected chi connectivity index (χ4v) is 3.65. The predicted octanol–water partition coefficient (Wildman–Crippen LogP) is -0.0270. The van der Waals surface area contributed by atoms with Gasteiger partial charge >= 0.3 is 53.0 Å². The van der Waals surface area contributed by atoms with E-state index in [1.165, 1.54) is 0 Å². The second kappa shape index (κ2) is 3.25. The third-order valence-corrected chi connectivity index (χ3v) is 4.72. The van der Waals surface area contributed by atoms with E-state index in [-0.39, 0.29) is 11.2 Å². The average Bonchev–Trinajstić information content (AvgIpc) is 1.91. The van der Waals surface area contributed by atoms with Crippen molar-refractivity contribution in [3.05, 3.63) is 9.27 Å². The van der Waals surface area contributed by atoms with E-state index in [9.17, 15) is 0 Å². The molecule has 0 unspecified atom stereocenters. The summed E-state index contributed by atoms with van der Waals surface area (Å²) in [7, 11) is 0. The maximum atomic E-state index is 8.71. The van der Waals surface area contributed by atoms with Crippen LogP contribution in [0.4, 0.5) is 0 Å². The van der Waals surface area contributed by atoms with E-state index < -0.39 is 22.9 Å². The van der Waals surface area contributed by atoms with Crippen molar-refractivity contribution in [2.75, 3.05) is 0 Å². The van der Waals surface area contributed by atoms with Crippen LogP contribution in [0.15, 0.2) is 9.27 Å². The van der Waals surface area contributed by atoms with Gasteiger partial charge in [-0.1, -0.05) is 0 Å². The molecular weight excluding hydrogens is 211 g/mol.